The van der Waals surface area contributed by atoms with Crippen molar-refractivity contribution >= 4 is 11.9 Å². The molecule has 0 aromatic heterocycles. The number of carbonyl (C=O) groups is 2. The smallest absolute Gasteiger partial charge is 0.338 e. The second-order valence-electron chi connectivity index (χ2n) is 8.24. The Morgan fingerprint density at radius 3 is 2.12 bits per heavy atom. The number of rotatable bonds is 4. The molecule has 4 fully saturated rings. The van der Waals surface area contributed by atoms with Crippen molar-refractivity contribution in [1.82, 2.24) is 5.32 Å². The van der Waals surface area contributed by atoms with Crippen molar-refractivity contribution in [2.24, 2.45) is 17.8 Å². The molecular weight excluding hydrogens is 321 g/mol. The molecule has 1 amide bonds. The normalized spacial score (nSPS) is 33.8. The first-order chi connectivity index (χ1) is 11.9. The quantitative estimate of drug-likeness (QED) is 0.851. The Balaban J connectivity index is 1.38. The third-order valence-electron chi connectivity index (χ3n) is 6.16. The molecule has 4 saturated carbocycles. The monoisotopic (exact) mass is 345 g/mol. The standard InChI is InChI=1S/C20H24FNO3/c1-12(25-19(24)16-2-4-17(21)5-3-16)18(23)22-20-9-13-6-14(10-20)8-15(7-13)11-20/h2-5,12-15H,6-11H2,1H3,(H,22,23)/t12-,13?,14?,15?,20?/m1/s1. The van der Waals surface area contributed by atoms with Crippen molar-refractivity contribution in [2.75, 3.05) is 0 Å². The molecule has 5 rings (SSSR count). The van der Waals surface area contributed by atoms with Gasteiger partial charge in [0.2, 0.25) is 0 Å². The fraction of sp³-hybridized carbons (Fsp3) is 0.600. The van der Waals surface area contributed by atoms with E-state index in [0.29, 0.717) is 0 Å². The zero-order valence-corrected chi connectivity index (χ0v) is 14.5. The van der Waals surface area contributed by atoms with Crippen LogP contribution < -0.4 is 5.32 Å². The molecule has 0 saturated heterocycles. The Morgan fingerprint density at radius 1 is 1.08 bits per heavy atom. The maximum Gasteiger partial charge on any atom is 0.338 e. The van der Waals surface area contributed by atoms with Crippen LogP contribution in [0.25, 0.3) is 0 Å². The van der Waals surface area contributed by atoms with Gasteiger partial charge in [0.05, 0.1) is 5.56 Å². The van der Waals surface area contributed by atoms with Crippen LogP contribution >= 0.6 is 0 Å². The summed E-state index contributed by atoms with van der Waals surface area (Å²) in [6.07, 6.45) is 6.25. The fourth-order valence-electron chi connectivity index (χ4n) is 5.49. The van der Waals surface area contributed by atoms with Gasteiger partial charge in [0.15, 0.2) is 6.10 Å². The zero-order valence-electron chi connectivity index (χ0n) is 14.5. The number of hydrogen-bond donors (Lipinski definition) is 1. The van der Waals surface area contributed by atoms with E-state index < -0.39 is 17.9 Å². The molecule has 25 heavy (non-hydrogen) atoms. The lowest BCUT2D eigenvalue weighted by atomic mass is 9.53. The molecule has 4 aliphatic rings. The largest absolute Gasteiger partial charge is 0.449 e. The maximum atomic E-state index is 12.9. The third kappa shape index (κ3) is 3.29. The molecule has 1 atom stereocenters. The highest BCUT2D eigenvalue weighted by atomic mass is 19.1. The van der Waals surface area contributed by atoms with E-state index in [1.807, 2.05) is 0 Å². The molecule has 1 aromatic rings. The van der Waals surface area contributed by atoms with Gasteiger partial charge in [-0.2, -0.15) is 0 Å². The first-order valence-electron chi connectivity index (χ1n) is 9.21. The van der Waals surface area contributed by atoms with E-state index in [4.69, 9.17) is 4.74 Å². The number of halogens is 1. The summed E-state index contributed by atoms with van der Waals surface area (Å²) in [5.41, 5.74) is 0.151. The molecule has 4 aliphatic carbocycles. The maximum absolute atomic E-state index is 12.9. The summed E-state index contributed by atoms with van der Waals surface area (Å²) < 4.78 is 18.2. The van der Waals surface area contributed by atoms with E-state index in [1.165, 1.54) is 43.5 Å². The molecule has 134 valence electrons. The van der Waals surface area contributed by atoms with E-state index in [-0.39, 0.29) is 17.0 Å². The summed E-state index contributed by atoms with van der Waals surface area (Å²) in [5, 5.41) is 3.21. The van der Waals surface area contributed by atoms with Crippen molar-refractivity contribution in [1.29, 1.82) is 0 Å². The molecule has 1 aromatic carbocycles. The lowest BCUT2D eigenvalue weighted by molar-refractivity contribution is -0.134. The SMILES string of the molecule is C[C@@H](OC(=O)c1ccc(F)cc1)C(=O)NC12CC3CC(CC(C3)C1)C2. The van der Waals surface area contributed by atoms with Gasteiger partial charge in [-0.3, -0.25) is 4.79 Å². The Bertz CT molecular complexity index is 649. The van der Waals surface area contributed by atoms with Crippen LogP contribution in [0.2, 0.25) is 0 Å². The highest BCUT2D eigenvalue weighted by Crippen LogP contribution is 2.55. The molecule has 0 unspecified atom stereocenters. The van der Waals surface area contributed by atoms with Crippen LogP contribution in [0.1, 0.15) is 55.8 Å². The van der Waals surface area contributed by atoms with Crippen molar-refractivity contribution in [2.45, 2.75) is 57.1 Å². The predicted octanol–water partition coefficient (Wildman–Crippen LogP) is 3.46. The number of amides is 1. The van der Waals surface area contributed by atoms with Gasteiger partial charge < -0.3 is 10.1 Å². The number of hydrogen-bond acceptors (Lipinski definition) is 3. The van der Waals surface area contributed by atoms with E-state index in [9.17, 15) is 14.0 Å². The predicted molar refractivity (Wildman–Crippen MR) is 90.3 cm³/mol. The molecule has 4 bridgehead atoms. The van der Waals surface area contributed by atoms with Crippen LogP contribution in [0.5, 0.6) is 0 Å². The summed E-state index contributed by atoms with van der Waals surface area (Å²) >= 11 is 0. The Labute approximate surface area is 147 Å². The van der Waals surface area contributed by atoms with Crippen molar-refractivity contribution < 1.29 is 18.7 Å². The lowest BCUT2D eigenvalue weighted by Crippen LogP contribution is -2.61. The van der Waals surface area contributed by atoms with Crippen molar-refractivity contribution in [3.05, 3.63) is 35.6 Å². The van der Waals surface area contributed by atoms with Crippen LogP contribution in [0.15, 0.2) is 24.3 Å². The second kappa shape index (κ2) is 6.11. The van der Waals surface area contributed by atoms with Crippen LogP contribution in [-0.4, -0.2) is 23.5 Å². The number of ether oxygens (including phenoxy) is 1. The number of carbonyl (C=O) groups excluding carboxylic acids is 2. The lowest BCUT2D eigenvalue weighted by Gasteiger charge is -2.57. The fourth-order valence-corrected chi connectivity index (χ4v) is 5.49. The summed E-state index contributed by atoms with van der Waals surface area (Å²) in [6.45, 7) is 1.59. The Hall–Kier alpha value is -1.91. The highest BCUT2D eigenvalue weighted by Gasteiger charge is 2.51. The van der Waals surface area contributed by atoms with Crippen molar-refractivity contribution in [3.63, 3.8) is 0 Å². The minimum Gasteiger partial charge on any atom is -0.449 e. The number of benzene rings is 1. The van der Waals surface area contributed by atoms with Gasteiger partial charge in [-0.05, 0) is 87.5 Å². The first kappa shape index (κ1) is 16.6. The second-order valence-corrected chi connectivity index (χ2v) is 8.24. The highest BCUT2D eigenvalue weighted by molar-refractivity contribution is 5.92. The molecule has 0 heterocycles. The van der Waals surface area contributed by atoms with E-state index >= 15 is 0 Å². The van der Waals surface area contributed by atoms with Gasteiger partial charge in [-0.15, -0.1) is 0 Å². The Morgan fingerprint density at radius 2 is 1.60 bits per heavy atom. The first-order valence-corrected chi connectivity index (χ1v) is 9.21. The molecule has 0 radical (unpaired) electrons. The van der Waals surface area contributed by atoms with Gasteiger partial charge in [-0.25, -0.2) is 9.18 Å². The molecular formula is C20H24FNO3. The Kier molecular flexibility index (Phi) is 4.05. The van der Waals surface area contributed by atoms with E-state index in [0.717, 1.165) is 37.0 Å². The average molecular weight is 345 g/mol. The molecule has 0 spiro atoms. The van der Waals surface area contributed by atoms with Crippen LogP contribution in [0.3, 0.4) is 0 Å². The van der Waals surface area contributed by atoms with Gasteiger partial charge in [0.25, 0.3) is 5.91 Å². The number of nitrogens with one attached hydrogen (secondary N) is 1. The van der Waals surface area contributed by atoms with Gasteiger partial charge in [0, 0.05) is 5.54 Å². The van der Waals surface area contributed by atoms with Crippen LogP contribution in [0.4, 0.5) is 4.39 Å². The number of esters is 1. The molecule has 4 nitrogen and oxygen atoms in total. The molecule has 5 heteroatoms. The van der Waals surface area contributed by atoms with Gasteiger partial charge in [0.1, 0.15) is 5.82 Å². The van der Waals surface area contributed by atoms with Crippen LogP contribution in [-0.2, 0) is 9.53 Å². The van der Waals surface area contributed by atoms with Gasteiger partial charge in [-0.1, -0.05) is 0 Å². The van der Waals surface area contributed by atoms with E-state index in [1.54, 1.807) is 6.92 Å². The van der Waals surface area contributed by atoms with E-state index in [2.05, 4.69) is 5.32 Å². The minimum absolute atomic E-state index is 0.0949. The topological polar surface area (TPSA) is 55.4 Å². The molecule has 0 aliphatic heterocycles. The van der Waals surface area contributed by atoms with Gasteiger partial charge >= 0.3 is 5.97 Å². The zero-order chi connectivity index (χ0) is 17.6. The summed E-state index contributed by atoms with van der Waals surface area (Å²) in [6, 6.07) is 5.14. The summed E-state index contributed by atoms with van der Waals surface area (Å²) in [7, 11) is 0. The average Bonchev–Trinajstić information content (AvgIpc) is 2.53. The van der Waals surface area contributed by atoms with Crippen LogP contribution in [0, 0.1) is 23.6 Å². The van der Waals surface area contributed by atoms with Crippen molar-refractivity contribution in [3.8, 4) is 0 Å². The summed E-state index contributed by atoms with van der Waals surface area (Å²) in [4.78, 5) is 24.7. The molecule has 1 N–H and O–H groups in total. The summed E-state index contributed by atoms with van der Waals surface area (Å²) in [5.74, 6) is 0.977. The minimum atomic E-state index is -0.856. The third-order valence-corrected chi connectivity index (χ3v) is 6.16.